The van der Waals surface area contributed by atoms with Crippen molar-refractivity contribution in [3.05, 3.63) is 38.9 Å². The van der Waals surface area contributed by atoms with Gasteiger partial charge in [-0.3, -0.25) is 14.1 Å². The van der Waals surface area contributed by atoms with Crippen molar-refractivity contribution in [3.8, 4) is 0 Å². The molecule has 98 valence electrons. The largest absolute Gasteiger partial charge is 0.333 e. The van der Waals surface area contributed by atoms with Crippen molar-refractivity contribution in [2.75, 3.05) is 7.05 Å². The Labute approximate surface area is 101 Å². The van der Waals surface area contributed by atoms with Gasteiger partial charge in [-0.05, 0) is 25.2 Å². The van der Waals surface area contributed by atoms with E-state index in [2.05, 4.69) is 15.7 Å². The third-order valence-electron chi connectivity index (χ3n) is 1.99. The van der Waals surface area contributed by atoms with Gasteiger partial charge in [0.15, 0.2) is 0 Å². The Morgan fingerprint density at radius 3 is 2.06 bits per heavy atom. The first-order valence-corrected chi connectivity index (χ1v) is 6.13. The number of hydrogen-bond donors (Lipinski definition) is 4. The Morgan fingerprint density at radius 1 is 1.06 bits per heavy atom. The molecule has 0 fully saturated rings. The molecule has 1 heterocycles. The smallest absolute Gasteiger partial charge is 0.314 e. The van der Waals surface area contributed by atoms with E-state index in [1.165, 1.54) is 13.1 Å². The molecule has 0 aliphatic heterocycles. The van der Waals surface area contributed by atoms with Crippen LogP contribution in [0.25, 0.3) is 11.0 Å². The summed E-state index contributed by atoms with van der Waals surface area (Å²) in [6.07, 6.45) is 0. The second kappa shape index (κ2) is 5.12. The molecular weight excluding hydrogens is 262 g/mol. The van der Waals surface area contributed by atoms with Crippen molar-refractivity contribution >= 4 is 21.2 Å². The fourth-order valence-corrected chi connectivity index (χ4v) is 1.76. The van der Waals surface area contributed by atoms with E-state index in [0.29, 0.717) is 0 Å². The average molecular weight is 273 g/mol. The normalized spacial score (nSPS) is 10.8. The third kappa shape index (κ3) is 2.83. The van der Waals surface area contributed by atoms with Gasteiger partial charge in [0.2, 0.25) is 0 Å². The molecule has 1 aromatic carbocycles. The van der Waals surface area contributed by atoms with Crippen LogP contribution in [0, 0.1) is 0 Å². The van der Waals surface area contributed by atoms with Crippen molar-refractivity contribution in [1.82, 2.24) is 9.97 Å². The van der Waals surface area contributed by atoms with Gasteiger partial charge in [0.25, 0.3) is 10.1 Å². The first-order chi connectivity index (χ1) is 8.38. The van der Waals surface area contributed by atoms with E-state index in [0.717, 1.165) is 12.1 Å². The molecule has 0 aliphatic carbocycles. The van der Waals surface area contributed by atoms with Crippen molar-refractivity contribution in [3.63, 3.8) is 0 Å². The summed E-state index contributed by atoms with van der Waals surface area (Å²) in [5, 5.41) is 0. The molecule has 0 aliphatic rings. The summed E-state index contributed by atoms with van der Waals surface area (Å²) < 4.78 is 30.4. The zero-order valence-electron chi connectivity index (χ0n) is 9.30. The molecule has 2 rings (SSSR count). The van der Waals surface area contributed by atoms with Gasteiger partial charge < -0.3 is 15.7 Å². The number of aromatic amines is 2. The summed E-state index contributed by atoms with van der Waals surface area (Å²) >= 11 is 0. The van der Waals surface area contributed by atoms with E-state index in [9.17, 15) is 18.0 Å². The number of H-pyrrole nitrogens is 2. The molecule has 0 unspecified atom stereocenters. The van der Waals surface area contributed by atoms with Crippen LogP contribution in [0.3, 0.4) is 0 Å². The second-order valence-corrected chi connectivity index (χ2v) is 4.51. The Bertz CT molecular complexity index is 775. The fourth-order valence-electron chi connectivity index (χ4n) is 1.25. The summed E-state index contributed by atoms with van der Waals surface area (Å²) in [6.45, 7) is 0. The molecule has 0 bridgehead atoms. The van der Waals surface area contributed by atoms with Crippen LogP contribution in [0.1, 0.15) is 0 Å². The highest BCUT2D eigenvalue weighted by Crippen LogP contribution is 2.13. The molecule has 0 saturated heterocycles. The van der Waals surface area contributed by atoms with Gasteiger partial charge in [-0.15, -0.1) is 0 Å². The van der Waals surface area contributed by atoms with Crippen LogP contribution in [-0.4, -0.2) is 30.0 Å². The maximum atomic E-state index is 11.0. The highest BCUT2D eigenvalue weighted by Gasteiger charge is 2.10. The molecule has 2 aromatic rings. The minimum absolute atomic E-state index is 0.125. The van der Waals surface area contributed by atoms with E-state index in [4.69, 9.17) is 4.55 Å². The molecular formula is C9H11N3O5S. The molecule has 0 atom stereocenters. The zero-order valence-corrected chi connectivity index (χ0v) is 10.1. The van der Waals surface area contributed by atoms with Crippen LogP contribution >= 0.6 is 0 Å². The van der Waals surface area contributed by atoms with Gasteiger partial charge in [0, 0.05) is 0 Å². The molecule has 1 aromatic heterocycles. The maximum absolute atomic E-state index is 11.0. The Morgan fingerprint density at radius 2 is 1.56 bits per heavy atom. The molecule has 8 nitrogen and oxygen atoms in total. The lowest BCUT2D eigenvalue weighted by Gasteiger charge is -1.99. The van der Waals surface area contributed by atoms with Crippen LogP contribution in [0.5, 0.6) is 0 Å². The van der Waals surface area contributed by atoms with E-state index < -0.39 is 21.2 Å². The SMILES string of the molecule is CN.O=c1[nH]c2ccc(S(=O)(=O)O)cc2[nH]c1=O. The summed E-state index contributed by atoms with van der Waals surface area (Å²) in [4.78, 5) is 26.0. The van der Waals surface area contributed by atoms with Gasteiger partial charge in [-0.1, -0.05) is 0 Å². The quantitative estimate of drug-likeness (QED) is 0.388. The highest BCUT2D eigenvalue weighted by atomic mass is 32.2. The maximum Gasteiger partial charge on any atom is 0.314 e. The van der Waals surface area contributed by atoms with Gasteiger partial charge in [-0.25, -0.2) is 0 Å². The van der Waals surface area contributed by atoms with Crippen LogP contribution in [-0.2, 0) is 10.1 Å². The lowest BCUT2D eigenvalue weighted by molar-refractivity contribution is 0.483. The van der Waals surface area contributed by atoms with Crippen LogP contribution in [0.2, 0.25) is 0 Å². The zero-order chi connectivity index (χ0) is 13.9. The number of aromatic nitrogens is 2. The summed E-state index contributed by atoms with van der Waals surface area (Å²) in [7, 11) is -2.83. The average Bonchev–Trinajstić information content (AvgIpc) is 2.31. The molecule has 18 heavy (non-hydrogen) atoms. The van der Waals surface area contributed by atoms with E-state index in [1.807, 2.05) is 0 Å². The number of nitrogens with two attached hydrogens (primary N) is 1. The standard InChI is InChI=1S/C8H6N2O5S.CH5N/c11-7-8(12)10-6-3-4(16(13,14)15)1-2-5(6)9-7;1-2/h1-3H,(H,9,11)(H,10,12)(H,13,14,15);2H2,1H3. The number of benzene rings is 1. The first-order valence-electron chi connectivity index (χ1n) is 4.69. The van der Waals surface area contributed by atoms with Crippen molar-refractivity contribution < 1.29 is 13.0 Å². The summed E-state index contributed by atoms with van der Waals surface area (Å²) in [5.41, 5.74) is 3.18. The topological polar surface area (TPSA) is 146 Å². The third-order valence-corrected chi connectivity index (χ3v) is 2.84. The minimum atomic E-state index is -4.33. The monoisotopic (exact) mass is 273 g/mol. The molecule has 0 saturated carbocycles. The Balaban J connectivity index is 0.000000771. The lowest BCUT2D eigenvalue weighted by atomic mass is 10.3. The lowest BCUT2D eigenvalue weighted by Crippen LogP contribution is -2.28. The van der Waals surface area contributed by atoms with Crippen molar-refractivity contribution in [1.29, 1.82) is 0 Å². The molecule has 0 amide bonds. The summed E-state index contributed by atoms with van der Waals surface area (Å²) in [6, 6.07) is 3.45. The number of hydrogen-bond acceptors (Lipinski definition) is 5. The predicted molar refractivity (Wildman–Crippen MR) is 65.1 cm³/mol. The van der Waals surface area contributed by atoms with E-state index in [1.54, 1.807) is 0 Å². The van der Waals surface area contributed by atoms with Gasteiger partial charge in [-0.2, -0.15) is 8.42 Å². The number of rotatable bonds is 1. The van der Waals surface area contributed by atoms with Gasteiger partial charge in [0.1, 0.15) is 0 Å². The molecule has 9 heteroatoms. The van der Waals surface area contributed by atoms with Crippen LogP contribution in [0.4, 0.5) is 0 Å². The molecule has 0 radical (unpaired) electrons. The highest BCUT2D eigenvalue weighted by molar-refractivity contribution is 7.85. The van der Waals surface area contributed by atoms with Gasteiger partial charge in [0.05, 0.1) is 15.9 Å². The van der Waals surface area contributed by atoms with Crippen molar-refractivity contribution in [2.45, 2.75) is 4.90 Å². The van der Waals surface area contributed by atoms with E-state index in [-0.39, 0.29) is 15.9 Å². The Hall–Kier alpha value is -1.97. The van der Waals surface area contributed by atoms with Crippen LogP contribution < -0.4 is 16.9 Å². The van der Waals surface area contributed by atoms with Crippen molar-refractivity contribution in [2.24, 2.45) is 5.73 Å². The number of fused-ring (bicyclic) bond motifs is 1. The first kappa shape index (κ1) is 14.1. The number of nitrogens with one attached hydrogen (secondary N) is 2. The second-order valence-electron chi connectivity index (χ2n) is 3.09. The minimum Gasteiger partial charge on any atom is -0.333 e. The predicted octanol–water partition coefficient (Wildman–Crippen LogP) is -0.962. The fraction of sp³-hybridized carbons (Fsp3) is 0.111. The molecule has 0 spiro atoms. The van der Waals surface area contributed by atoms with Gasteiger partial charge >= 0.3 is 11.1 Å². The van der Waals surface area contributed by atoms with E-state index >= 15 is 0 Å². The molecule has 5 N–H and O–H groups in total. The summed E-state index contributed by atoms with van der Waals surface area (Å²) in [5.74, 6) is 0. The Kier molecular flexibility index (Phi) is 4.01. The van der Waals surface area contributed by atoms with Crippen LogP contribution in [0.15, 0.2) is 32.7 Å².